The maximum absolute atomic E-state index is 12.3. The summed E-state index contributed by atoms with van der Waals surface area (Å²) in [6.07, 6.45) is 7.05. The summed E-state index contributed by atoms with van der Waals surface area (Å²) in [5.74, 6) is 0.721. The van der Waals surface area contributed by atoms with Gasteiger partial charge in [-0.1, -0.05) is 13.3 Å². The predicted molar refractivity (Wildman–Crippen MR) is 70.6 cm³/mol. The Morgan fingerprint density at radius 2 is 2.47 bits per heavy atom. The number of likely N-dealkylation sites (tertiary alicyclic amines) is 1. The number of amides is 1. The van der Waals surface area contributed by atoms with Gasteiger partial charge in [-0.15, -0.1) is 0 Å². The minimum atomic E-state index is -0.575. The molecule has 0 aromatic carbocycles. The molecule has 1 saturated carbocycles. The topological polar surface area (TPSA) is 69.2 Å². The van der Waals surface area contributed by atoms with Gasteiger partial charge in [0.2, 0.25) is 0 Å². The summed E-state index contributed by atoms with van der Waals surface area (Å²) in [6, 6.07) is 0. The molecule has 1 aromatic heterocycles. The van der Waals surface area contributed by atoms with Crippen LogP contribution < -0.4 is 0 Å². The highest BCUT2D eigenvalue weighted by Gasteiger charge is 2.48. The molecule has 104 valence electrons. The van der Waals surface area contributed by atoms with Crippen molar-refractivity contribution in [1.82, 2.24) is 15.1 Å². The predicted octanol–water partition coefficient (Wildman–Crippen LogP) is 1.42. The molecule has 5 nitrogen and oxygen atoms in total. The minimum Gasteiger partial charge on any atom is -0.390 e. The lowest BCUT2D eigenvalue weighted by Crippen LogP contribution is -2.44. The Kier molecular flexibility index (Phi) is 3.09. The van der Waals surface area contributed by atoms with Crippen LogP contribution in [0.3, 0.4) is 0 Å². The van der Waals surface area contributed by atoms with Gasteiger partial charge in [0, 0.05) is 25.2 Å². The van der Waals surface area contributed by atoms with Crippen molar-refractivity contribution in [2.75, 3.05) is 13.1 Å². The van der Waals surface area contributed by atoms with Gasteiger partial charge in [0.1, 0.15) is 0 Å². The van der Waals surface area contributed by atoms with Gasteiger partial charge in [-0.05, 0) is 25.2 Å². The molecule has 1 amide bonds. The van der Waals surface area contributed by atoms with Gasteiger partial charge in [0.25, 0.3) is 5.91 Å². The number of carbonyl (C=O) groups excluding carboxylic acids is 1. The highest BCUT2D eigenvalue weighted by molar-refractivity contribution is 5.93. The zero-order valence-corrected chi connectivity index (χ0v) is 11.3. The van der Waals surface area contributed by atoms with E-state index in [1.54, 1.807) is 12.4 Å². The smallest absolute Gasteiger partial charge is 0.257 e. The number of nitrogens with one attached hydrogen (secondary N) is 1. The van der Waals surface area contributed by atoms with Crippen molar-refractivity contribution in [1.29, 1.82) is 0 Å². The Balaban J connectivity index is 1.77. The van der Waals surface area contributed by atoms with Crippen molar-refractivity contribution in [3.05, 3.63) is 18.0 Å². The zero-order chi connectivity index (χ0) is 13.5. The third-order valence-electron chi connectivity index (χ3n) is 4.96. The van der Waals surface area contributed by atoms with Crippen molar-refractivity contribution >= 4 is 5.91 Å². The van der Waals surface area contributed by atoms with Gasteiger partial charge in [0.15, 0.2) is 0 Å². The molecule has 3 atom stereocenters. The monoisotopic (exact) mass is 263 g/mol. The van der Waals surface area contributed by atoms with E-state index in [1.807, 2.05) is 11.8 Å². The lowest BCUT2D eigenvalue weighted by Gasteiger charge is -2.40. The third-order valence-corrected chi connectivity index (χ3v) is 4.96. The molecule has 2 heterocycles. The van der Waals surface area contributed by atoms with Crippen molar-refractivity contribution in [3.8, 4) is 0 Å². The highest BCUT2D eigenvalue weighted by atomic mass is 16.3. The molecular weight excluding hydrogens is 242 g/mol. The van der Waals surface area contributed by atoms with Crippen LogP contribution in [0.4, 0.5) is 0 Å². The number of aliphatic hydroxyl groups is 1. The second kappa shape index (κ2) is 4.63. The van der Waals surface area contributed by atoms with Crippen molar-refractivity contribution < 1.29 is 9.90 Å². The molecule has 1 aliphatic heterocycles. The van der Waals surface area contributed by atoms with Crippen LogP contribution in [0, 0.1) is 11.8 Å². The maximum atomic E-state index is 12.3. The molecule has 3 rings (SSSR count). The summed E-state index contributed by atoms with van der Waals surface area (Å²) in [5.41, 5.74) is 0.0348. The van der Waals surface area contributed by atoms with Crippen LogP contribution >= 0.6 is 0 Å². The van der Waals surface area contributed by atoms with E-state index in [-0.39, 0.29) is 11.8 Å². The molecule has 1 saturated heterocycles. The van der Waals surface area contributed by atoms with Crippen LogP contribution in [0.2, 0.25) is 0 Å². The number of aromatic nitrogens is 2. The SMILES string of the molecule is CC[C@@]1(O)CCC[C@@H]2CN(C(=O)c3cn[nH]c3)C[C@@H]21. The first-order valence-electron chi connectivity index (χ1n) is 7.14. The van der Waals surface area contributed by atoms with E-state index in [2.05, 4.69) is 10.2 Å². The summed E-state index contributed by atoms with van der Waals surface area (Å²) >= 11 is 0. The van der Waals surface area contributed by atoms with E-state index in [0.29, 0.717) is 18.0 Å². The van der Waals surface area contributed by atoms with Crippen LogP contribution in [-0.4, -0.2) is 44.8 Å². The average Bonchev–Trinajstić information content (AvgIpc) is 3.08. The second-order valence-electron chi connectivity index (χ2n) is 5.91. The Bertz CT molecular complexity index is 459. The van der Waals surface area contributed by atoms with E-state index in [9.17, 15) is 9.90 Å². The number of fused-ring (bicyclic) bond motifs is 1. The van der Waals surface area contributed by atoms with Crippen molar-refractivity contribution in [2.45, 2.75) is 38.2 Å². The minimum absolute atomic E-state index is 0.0293. The summed E-state index contributed by atoms with van der Waals surface area (Å²) in [5, 5.41) is 17.2. The van der Waals surface area contributed by atoms with E-state index < -0.39 is 5.60 Å². The Labute approximate surface area is 113 Å². The molecule has 5 heteroatoms. The maximum Gasteiger partial charge on any atom is 0.257 e. The molecule has 1 aromatic rings. The first-order valence-corrected chi connectivity index (χ1v) is 7.14. The summed E-state index contributed by atoms with van der Waals surface area (Å²) in [4.78, 5) is 14.2. The second-order valence-corrected chi connectivity index (χ2v) is 5.91. The fourth-order valence-electron chi connectivity index (χ4n) is 3.78. The molecule has 2 fully saturated rings. The van der Waals surface area contributed by atoms with Gasteiger partial charge >= 0.3 is 0 Å². The number of aromatic amines is 1. The Morgan fingerprint density at radius 1 is 1.63 bits per heavy atom. The third kappa shape index (κ3) is 2.06. The fraction of sp³-hybridized carbons (Fsp3) is 0.714. The molecule has 1 aliphatic carbocycles. The molecule has 2 aliphatic rings. The average molecular weight is 263 g/mol. The van der Waals surface area contributed by atoms with Gasteiger partial charge in [0.05, 0.1) is 17.4 Å². The van der Waals surface area contributed by atoms with Crippen LogP contribution in [0.5, 0.6) is 0 Å². The number of rotatable bonds is 2. The molecule has 0 bridgehead atoms. The fourth-order valence-corrected chi connectivity index (χ4v) is 3.78. The van der Waals surface area contributed by atoms with Crippen molar-refractivity contribution in [2.24, 2.45) is 11.8 Å². The van der Waals surface area contributed by atoms with E-state index in [0.717, 1.165) is 32.2 Å². The van der Waals surface area contributed by atoms with E-state index in [1.165, 1.54) is 0 Å². The van der Waals surface area contributed by atoms with Crippen LogP contribution in [-0.2, 0) is 0 Å². The first-order chi connectivity index (χ1) is 9.14. The molecule has 19 heavy (non-hydrogen) atoms. The Morgan fingerprint density at radius 3 is 3.16 bits per heavy atom. The molecule has 0 spiro atoms. The molecule has 2 N–H and O–H groups in total. The summed E-state index contributed by atoms with van der Waals surface area (Å²) < 4.78 is 0. The standard InChI is InChI=1S/C14H21N3O2/c1-2-14(19)5-3-4-10-8-17(9-12(10)14)13(18)11-6-15-16-7-11/h6-7,10,12,19H,2-5,8-9H2,1H3,(H,15,16)/t10-,12+,14-/m1/s1. The normalized spacial score (nSPS) is 34.3. The van der Waals surface area contributed by atoms with Crippen molar-refractivity contribution in [3.63, 3.8) is 0 Å². The van der Waals surface area contributed by atoms with Gasteiger partial charge in [-0.2, -0.15) is 5.10 Å². The van der Waals surface area contributed by atoms with E-state index >= 15 is 0 Å². The highest BCUT2D eigenvalue weighted by Crippen LogP contribution is 2.44. The number of nitrogens with zero attached hydrogens (tertiary/aromatic N) is 2. The largest absolute Gasteiger partial charge is 0.390 e. The number of carbonyl (C=O) groups is 1. The first kappa shape index (κ1) is 12.7. The number of H-pyrrole nitrogens is 1. The molecular formula is C14H21N3O2. The molecule has 0 radical (unpaired) electrons. The van der Waals surface area contributed by atoms with Gasteiger partial charge in [-0.25, -0.2) is 0 Å². The lowest BCUT2D eigenvalue weighted by molar-refractivity contribution is -0.0609. The van der Waals surface area contributed by atoms with Crippen LogP contribution in [0.15, 0.2) is 12.4 Å². The Hall–Kier alpha value is -1.36. The van der Waals surface area contributed by atoms with Crippen LogP contribution in [0.1, 0.15) is 43.0 Å². The lowest BCUT2D eigenvalue weighted by atomic mass is 9.69. The van der Waals surface area contributed by atoms with E-state index in [4.69, 9.17) is 0 Å². The van der Waals surface area contributed by atoms with Gasteiger partial charge < -0.3 is 10.0 Å². The van der Waals surface area contributed by atoms with Crippen LogP contribution in [0.25, 0.3) is 0 Å². The summed E-state index contributed by atoms with van der Waals surface area (Å²) in [6.45, 7) is 3.50. The number of hydrogen-bond donors (Lipinski definition) is 2. The van der Waals surface area contributed by atoms with Gasteiger partial charge in [-0.3, -0.25) is 9.89 Å². The molecule has 0 unspecified atom stereocenters. The quantitative estimate of drug-likeness (QED) is 0.848. The number of hydrogen-bond acceptors (Lipinski definition) is 3. The zero-order valence-electron chi connectivity index (χ0n) is 11.3. The summed E-state index contributed by atoms with van der Waals surface area (Å²) in [7, 11) is 0.